The van der Waals surface area contributed by atoms with Gasteiger partial charge in [0.2, 0.25) is 5.91 Å². The number of nitrogens with zero attached hydrogens (tertiary/aromatic N) is 2. The number of halogens is 1. The third-order valence-corrected chi connectivity index (χ3v) is 12.9. The quantitative estimate of drug-likeness (QED) is 0.155. The minimum Gasteiger partial charge on any atom is -0.496 e. The van der Waals surface area contributed by atoms with Crippen LogP contribution < -0.4 is 24.8 Å². The second-order valence-corrected chi connectivity index (χ2v) is 18.1. The van der Waals surface area contributed by atoms with Gasteiger partial charge < -0.3 is 48.5 Å². The van der Waals surface area contributed by atoms with Crippen molar-refractivity contribution < 1.29 is 61.8 Å². The molecule has 0 spiro atoms. The number of benzene rings is 2. The molecule has 2 saturated heterocycles. The summed E-state index contributed by atoms with van der Waals surface area (Å²) in [5.41, 5.74) is -0.709. The van der Waals surface area contributed by atoms with E-state index in [1.165, 1.54) is 33.5 Å². The van der Waals surface area contributed by atoms with Crippen molar-refractivity contribution in [2.75, 3.05) is 47.6 Å². The van der Waals surface area contributed by atoms with E-state index >= 15 is 0 Å². The molecule has 336 valence electrons. The summed E-state index contributed by atoms with van der Waals surface area (Å²) >= 11 is 6.89. The molecule has 0 aromatic heterocycles. The number of carbonyl (C=O) groups excluding carboxylic acids is 6. The molecule has 2 heterocycles. The van der Waals surface area contributed by atoms with E-state index in [2.05, 4.69) is 24.5 Å². The number of rotatable bonds is 14. The average molecular weight is 883 g/mol. The standard InChI is InChI=1S/C43H56BClN4O13/c1-11-59-31(50)22-48-17-18-49(38(53)37(48)52)40(55)47-33(25-15-16-27(56-8)35(58-10)32(25)45)36(51)46-30(44-61-29-21-24-20-28(42(24,5)6)43(29,7)62-44)19-23-13-12-14-26(34(23)57-9)39(54)60-41(2,3)4/h12-16,24,28-30,33H,11,17-22H2,1-10H3,(H,46,51)(H,47,55)/t24-,28-,29+,30?,33?,43-/m0/s1. The number of piperazine rings is 1. The van der Waals surface area contributed by atoms with E-state index in [0.29, 0.717) is 16.4 Å². The molecule has 2 unspecified atom stereocenters. The number of methoxy groups -OCH3 is 3. The van der Waals surface area contributed by atoms with E-state index in [1.807, 2.05) is 6.92 Å². The molecule has 19 heteroatoms. The van der Waals surface area contributed by atoms with E-state index in [1.54, 1.807) is 45.9 Å². The van der Waals surface area contributed by atoms with Gasteiger partial charge in [0.15, 0.2) is 11.5 Å². The van der Waals surface area contributed by atoms with Crippen molar-refractivity contribution in [2.24, 2.45) is 17.3 Å². The van der Waals surface area contributed by atoms with Crippen LogP contribution in [0.15, 0.2) is 30.3 Å². The van der Waals surface area contributed by atoms with Crippen molar-refractivity contribution in [1.82, 2.24) is 20.4 Å². The number of urea groups is 1. The van der Waals surface area contributed by atoms with Gasteiger partial charge in [-0.2, -0.15) is 0 Å². The molecule has 3 saturated carbocycles. The number of esters is 2. The van der Waals surface area contributed by atoms with Crippen LogP contribution in [0.3, 0.4) is 0 Å². The number of amides is 5. The minimum atomic E-state index is -1.61. The molecule has 0 radical (unpaired) electrons. The summed E-state index contributed by atoms with van der Waals surface area (Å²) in [5.74, 6) is -4.24. The lowest BCUT2D eigenvalue weighted by Gasteiger charge is -2.64. The molecule has 7 rings (SSSR count). The third-order valence-electron chi connectivity index (χ3n) is 12.5. The predicted molar refractivity (Wildman–Crippen MR) is 225 cm³/mol. The van der Waals surface area contributed by atoms with Crippen molar-refractivity contribution >= 4 is 54.4 Å². The molecule has 17 nitrogen and oxygen atoms in total. The Morgan fingerprint density at radius 1 is 0.952 bits per heavy atom. The summed E-state index contributed by atoms with van der Waals surface area (Å²) in [5, 5.41) is 5.58. The van der Waals surface area contributed by atoms with E-state index in [4.69, 9.17) is 44.6 Å². The zero-order chi connectivity index (χ0) is 45.5. The Balaban J connectivity index is 1.36. The van der Waals surface area contributed by atoms with Gasteiger partial charge in [-0.25, -0.2) is 9.59 Å². The van der Waals surface area contributed by atoms with Gasteiger partial charge >= 0.3 is 36.9 Å². The molecule has 2 aromatic rings. The summed E-state index contributed by atoms with van der Waals surface area (Å²) in [6.07, 6.45) is 1.48. The number of ether oxygens (including phenoxy) is 5. The van der Waals surface area contributed by atoms with Crippen LogP contribution in [-0.2, 0) is 44.4 Å². The maximum Gasteiger partial charge on any atom is 0.482 e. The third kappa shape index (κ3) is 8.91. The second kappa shape index (κ2) is 18.0. The smallest absolute Gasteiger partial charge is 0.482 e. The lowest BCUT2D eigenvalue weighted by molar-refractivity contribution is -0.199. The lowest BCUT2D eigenvalue weighted by Crippen LogP contribution is -2.65. The number of hydrogen-bond acceptors (Lipinski definition) is 13. The maximum atomic E-state index is 15.0. The lowest BCUT2D eigenvalue weighted by atomic mass is 9.43. The predicted octanol–water partition coefficient (Wildman–Crippen LogP) is 4.30. The van der Waals surface area contributed by atoms with E-state index < -0.39 is 72.5 Å². The van der Waals surface area contributed by atoms with Crippen molar-refractivity contribution in [3.05, 3.63) is 52.0 Å². The highest BCUT2D eigenvalue weighted by Gasteiger charge is 2.68. The van der Waals surface area contributed by atoms with Crippen LogP contribution in [0.1, 0.15) is 88.8 Å². The van der Waals surface area contributed by atoms with Gasteiger partial charge in [-0.05, 0) is 88.8 Å². The molecule has 5 fully saturated rings. The molecule has 5 aliphatic rings. The molecule has 2 bridgehead atoms. The van der Waals surface area contributed by atoms with Crippen molar-refractivity contribution in [2.45, 2.75) is 97.0 Å². The molecule has 2 aromatic carbocycles. The number of para-hydroxylation sites is 1. The molecular weight excluding hydrogens is 827 g/mol. The highest BCUT2D eigenvalue weighted by atomic mass is 35.5. The van der Waals surface area contributed by atoms with Crippen LogP contribution >= 0.6 is 11.6 Å². The monoisotopic (exact) mass is 882 g/mol. The van der Waals surface area contributed by atoms with Crippen molar-refractivity contribution in [3.8, 4) is 17.2 Å². The first-order valence-corrected chi connectivity index (χ1v) is 21.1. The number of carbonyl (C=O) groups is 6. The van der Waals surface area contributed by atoms with Crippen LogP contribution in [0.4, 0.5) is 4.79 Å². The van der Waals surface area contributed by atoms with Gasteiger partial charge in [0.25, 0.3) is 0 Å². The SMILES string of the molecule is CCOC(=O)CN1CCN(C(=O)NC(C(=O)NC(Cc2cccc(C(=O)OC(C)(C)C)c2OC)B2O[C@@H]3C[C@@H]4C[C@@H](C4(C)C)[C@]3(C)O2)c2ccc(OC)c(OC)c2Cl)C(=O)C1=O. The first-order valence-electron chi connectivity index (χ1n) is 20.7. The highest BCUT2D eigenvalue weighted by molar-refractivity contribution is 6.48. The maximum absolute atomic E-state index is 15.0. The highest BCUT2D eigenvalue weighted by Crippen LogP contribution is 2.65. The minimum absolute atomic E-state index is 0.00980. The van der Waals surface area contributed by atoms with Crippen molar-refractivity contribution in [3.63, 3.8) is 0 Å². The average Bonchev–Trinajstić information content (AvgIpc) is 3.58. The van der Waals surface area contributed by atoms with E-state index in [9.17, 15) is 28.8 Å². The van der Waals surface area contributed by atoms with E-state index in [-0.39, 0.29) is 77.0 Å². The number of hydrogen-bond donors (Lipinski definition) is 2. The summed E-state index contributed by atoms with van der Waals surface area (Å²) < 4.78 is 40.9. The number of imide groups is 1. The molecule has 6 atom stereocenters. The second-order valence-electron chi connectivity index (χ2n) is 17.7. The van der Waals surface area contributed by atoms with Crippen LogP contribution in [0, 0.1) is 17.3 Å². The molecule has 62 heavy (non-hydrogen) atoms. The van der Waals surface area contributed by atoms with Gasteiger partial charge in [-0.15, -0.1) is 0 Å². The molecule has 2 aliphatic heterocycles. The topological polar surface area (TPSA) is 198 Å². The molecule has 2 N–H and O–H groups in total. The normalized spacial score (nSPS) is 23.7. The summed E-state index contributed by atoms with van der Waals surface area (Å²) in [7, 11) is 3.19. The fourth-order valence-corrected chi connectivity index (χ4v) is 9.61. The van der Waals surface area contributed by atoms with Gasteiger partial charge in [0, 0.05) is 18.7 Å². The molecule has 5 amide bonds. The fraction of sp³-hybridized carbons (Fsp3) is 0.581. The van der Waals surface area contributed by atoms with Gasteiger partial charge in [-0.1, -0.05) is 43.6 Å². The van der Waals surface area contributed by atoms with Gasteiger partial charge in [0.05, 0.1) is 50.6 Å². The zero-order valence-electron chi connectivity index (χ0n) is 36.9. The Morgan fingerprint density at radius 2 is 1.66 bits per heavy atom. The Kier molecular flexibility index (Phi) is 13.5. The van der Waals surface area contributed by atoms with E-state index in [0.717, 1.165) is 17.7 Å². The Hall–Kier alpha value is -5.07. The van der Waals surface area contributed by atoms with Crippen LogP contribution in [-0.4, -0.2) is 123 Å². The fourth-order valence-electron chi connectivity index (χ4n) is 9.26. The zero-order valence-corrected chi connectivity index (χ0v) is 37.6. The first-order chi connectivity index (χ1) is 29.2. The number of nitrogens with one attached hydrogen (secondary N) is 2. The Morgan fingerprint density at radius 3 is 2.29 bits per heavy atom. The summed E-state index contributed by atoms with van der Waals surface area (Å²) in [6.45, 7) is 12.5. The Labute approximate surface area is 366 Å². The molecular formula is C43H56BClN4O13. The van der Waals surface area contributed by atoms with Gasteiger partial charge in [-0.3, -0.25) is 24.1 Å². The largest absolute Gasteiger partial charge is 0.496 e. The summed E-state index contributed by atoms with van der Waals surface area (Å²) in [4.78, 5) is 82.6. The van der Waals surface area contributed by atoms with Crippen LogP contribution in [0.5, 0.6) is 17.2 Å². The summed E-state index contributed by atoms with van der Waals surface area (Å²) in [6, 6.07) is 5.30. The van der Waals surface area contributed by atoms with Crippen molar-refractivity contribution in [1.29, 1.82) is 0 Å². The molecule has 3 aliphatic carbocycles. The van der Waals surface area contributed by atoms with Crippen LogP contribution in [0.2, 0.25) is 5.02 Å². The van der Waals surface area contributed by atoms with Gasteiger partial charge in [0.1, 0.15) is 29.5 Å². The first kappa shape index (κ1) is 46.4. The Bertz CT molecular complexity index is 2110. The van der Waals surface area contributed by atoms with Crippen LogP contribution in [0.25, 0.3) is 0 Å².